The Morgan fingerprint density at radius 1 is 1.48 bits per heavy atom. The lowest BCUT2D eigenvalue weighted by Crippen LogP contribution is -2.54. The predicted molar refractivity (Wildman–Crippen MR) is 79.2 cm³/mol. The highest BCUT2D eigenvalue weighted by Crippen LogP contribution is 2.13. The minimum Gasteiger partial charge on any atom is -0.394 e. The van der Waals surface area contributed by atoms with E-state index in [2.05, 4.69) is 10.3 Å². The number of hydrogen-bond donors (Lipinski definition) is 3. The van der Waals surface area contributed by atoms with Crippen LogP contribution in [0.25, 0.3) is 10.2 Å². The summed E-state index contributed by atoms with van der Waals surface area (Å²) in [6.07, 6.45) is 1.70. The molecule has 0 saturated carbocycles. The second kappa shape index (κ2) is 6.33. The fourth-order valence-electron chi connectivity index (χ4n) is 1.94. The van der Waals surface area contributed by atoms with Gasteiger partial charge in [0.1, 0.15) is 11.4 Å². The summed E-state index contributed by atoms with van der Waals surface area (Å²) >= 11 is 1.36. The molecule has 0 fully saturated rings. The number of hydrogen-bond acceptors (Lipinski definition) is 6. The number of fused-ring (bicyclic) bond motifs is 1. The third-order valence-electron chi connectivity index (χ3n) is 3.45. The summed E-state index contributed by atoms with van der Waals surface area (Å²) in [6, 6.07) is 1.67. The van der Waals surface area contributed by atoms with E-state index in [9.17, 15) is 19.8 Å². The summed E-state index contributed by atoms with van der Waals surface area (Å²) in [6.45, 7) is 0.794. The first-order chi connectivity index (χ1) is 10.0. The first kappa shape index (κ1) is 15.6. The number of nitrogens with one attached hydrogen (secondary N) is 1. The molecule has 0 atom stereocenters. The molecule has 0 aliphatic heterocycles. The maximum Gasteiger partial charge on any atom is 0.262 e. The van der Waals surface area contributed by atoms with Gasteiger partial charge in [-0.25, -0.2) is 4.98 Å². The van der Waals surface area contributed by atoms with Crippen molar-refractivity contribution in [3.8, 4) is 0 Å². The van der Waals surface area contributed by atoms with Crippen LogP contribution in [-0.4, -0.2) is 44.4 Å². The smallest absolute Gasteiger partial charge is 0.262 e. The van der Waals surface area contributed by atoms with Gasteiger partial charge < -0.3 is 15.5 Å². The zero-order valence-corrected chi connectivity index (χ0v) is 12.4. The Morgan fingerprint density at radius 2 is 2.19 bits per heavy atom. The van der Waals surface area contributed by atoms with Crippen LogP contribution in [0.5, 0.6) is 0 Å². The summed E-state index contributed by atoms with van der Waals surface area (Å²) in [4.78, 5) is 28.9. The Hall–Kier alpha value is -1.77. The molecule has 0 aliphatic carbocycles. The summed E-state index contributed by atoms with van der Waals surface area (Å²) in [5, 5.41) is 23.4. The highest BCUT2D eigenvalue weighted by atomic mass is 32.1. The van der Waals surface area contributed by atoms with Gasteiger partial charge in [-0.3, -0.25) is 14.2 Å². The van der Waals surface area contributed by atoms with Crippen LogP contribution in [0.15, 0.2) is 22.6 Å². The number of aromatic nitrogens is 2. The number of nitrogens with zero attached hydrogens (tertiary/aromatic N) is 2. The summed E-state index contributed by atoms with van der Waals surface area (Å²) in [5.41, 5.74) is -1.35. The normalized spacial score (nSPS) is 11.8. The average Bonchev–Trinajstić information content (AvgIpc) is 2.97. The molecule has 2 aromatic heterocycles. The van der Waals surface area contributed by atoms with Gasteiger partial charge in [0.05, 0.1) is 30.5 Å². The fourth-order valence-corrected chi connectivity index (χ4v) is 2.66. The van der Waals surface area contributed by atoms with Gasteiger partial charge in [-0.15, -0.1) is 11.3 Å². The Balaban J connectivity index is 2.18. The molecule has 3 N–H and O–H groups in total. The van der Waals surface area contributed by atoms with E-state index in [1.54, 1.807) is 18.4 Å². The van der Waals surface area contributed by atoms with Gasteiger partial charge in [-0.2, -0.15) is 0 Å². The Morgan fingerprint density at radius 3 is 2.81 bits per heavy atom. The first-order valence-electron chi connectivity index (χ1n) is 6.50. The van der Waals surface area contributed by atoms with Crippen LogP contribution in [0, 0.1) is 0 Å². The van der Waals surface area contributed by atoms with Crippen LogP contribution in [0.4, 0.5) is 0 Å². The monoisotopic (exact) mass is 311 g/mol. The van der Waals surface area contributed by atoms with Crippen molar-refractivity contribution in [3.05, 3.63) is 28.1 Å². The van der Waals surface area contributed by atoms with Gasteiger partial charge in [-0.1, -0.05) is 6.92 Å². The molecular formula is C13H17N3O4S. The molecule has 21 heavy (non-hydrogen) atoms. The standard InChI is InChI=1S/C13H17N3O4S/c1-2-13(6-17,7-18)15-10(19)5-16-8-14-11-9(12(16)20)3-4-21-11/h3-4,8,17-18H,2,5-7H2,1H3,(H,15,19). The number of rotatable bonds is 6. The molecular weight excluding hydrogens is 294 g/mol. The highest BCUT2D eigenvalue weighted by molar-refractivity contribution is 7.16. The number of carbonyl (C=O) groups excluding carboxylic acids is 1. The lowest BCUT2D eigenvalue weighted by atomic mass is 9.98. The molecule has 2 rings (SSSR count). The van der Waals surface area contributed by atoms with E-state index in [0.717, 1.165) is 0 Å². The predicted octanol–water partition coefficient (Wildman–Crippen LogP) is -0.292. The highest BCUT2D eigenvalue weighted by Gasteiger charge is 2.28. The van der Waals surface area contributed by atoms with Gasteiger partial charge in [0, 0.05) is 0 Å². The SMILES string of the molecule is CCC(CO)(CO)NC(=O)Cn1cnc2sccc2c1=O. The van der Waals surface area contributed by atoms with E-state index in [1.165, 1.54) is 22.2 Å². The molecule has 0 aliphatic rings. The molecule has 0 saturated heterocycles. The molecule has 8 heteroatoms. The molecule has 0 spiro atoms. The van der Waals surface area contributed by atoms with E-state index < -0.39 is 11.4 Å². The summed E-state index contributed by atoms with van der Waals surface area (Å²) < 4.78 is 1.21. The largest absolute Gasteiger partial charge is 0.394 e. The first-order valence-corrected chi connectivity index (χ1v) is 7.38. The number of thiophene rings is 1. The van der Waals surface area contributed by atoms with Crippen molar-refractivity contribution in [1.82, 2.24) is 14.9 Å². The lowest BCUT2D eigenvalue weighted by Gasteiger charge is -2.29. The van der Waals surface area contributed by atoms with Crippen molar-refractivity contribution in [3.63, 3.8) is 0 Å². The van der Waals surface area contributed by atoms with Gasteiger partial charge in [0.15, 0.2) is 0 Å². The maximum atomic E-state index is 12.2. The summed E-state index contributed by atoms with van der Waals surface area (Å²) in [5.74, 6) is -0.460. The molecule has 2 aromatic rings. The van der Waals surface area contributed by atoms with Crippen molar-refractivity contribution in [2.75, 3.05) is 13.2 Å². The number of aliphatic hydroxyl groups is 2. The molecule has 0 radical (unpaired) electrons. The van der Waals surface area contributed by atoms with Crippen molar-refractivity contribution in [1.29, 1.82) is 0 Å². The second-order valence-corrected chi connectivity index (χ2v) is 5.71. The molecule has 114 valence electrons. The van der Waals surface area contributed by atoms with E-state index in [1.807, 2.05) is 0 Å². The van der Waals surface area contributed by atoms with Crippen LogP contribution in [0.3, 0.4) is 0 Å². The Labute approximate surface area is 124 Å². The van der Waals surface area contributed by atoms with Gasteiger partial charge >= 0.3 is 0 Å². The minimum atomic E-state index is -1.07. The molecule has 1 amide bonds. The lowest BCUT2D eigenvalue weighted by molar-refractivity contribution is -0.125. The fraction of sp³-hybridized carbons (Fsp3) is 0.462. The van der Waals surface area contributed by atoms with E-state index >= 15 is 0 Å². The quantitative estimate of drug-likeness (QED) is 0.680. The molecule has 0 aromatic carbocycles. The molecule has 0 unspecified atom stereocenters. The van der Waals surface area contributed by atoms with Crippen LogP contribution < -0.4 is 10.9 Å². The minimum absolute atomic E-state index is 0.209. The number of amides is 1. The van der Waals surface area contributed by atoms with Gasteiger partial charge in [0.2, 0.25) is 5.91 Å². The molecule has 0 bridgehead atoms. The molecule has 2 heterocycles. The Bertz CT molecular complexity index is 682. The zero-order valence-electron chi connectivity index (χ0n) is 11.6. The van der Waals surface area contributed by atoms with Crippen molar-refractivity contribution in [2.24, 2.45) is 0 Å². The number of carbonyl (C=O) groups is 1. The van der Waals surface area contributed by atoms with E-state index in [4.69, 9.17) is 0 Å². The van der Waals surface area contributed by atoms with Crippen LogP contribution >= 0.6 is 11.3 Å². The van der Waals surface area contributed by atoms with Crippen LogP contribution in [-0.2, 0) is 11.3 Å². The van der Waals surface area contributed by atoms with Crippen molar-refractivity contribution >= 4 is 27.5 Å². The zero-order chi connectivity index (χ0) is 15.5. The second-order valence-electron chi connectivity index (χ2n) is 4.82. The van der Waals surface area contributed by atoms with Gasteiger partial charge in [0.25, 0.3) is 5.56 Å². The topological polar surface area (TPSA) is 104 Å². The van der Waals surface area contributed by atoms with Crippen molar-refractivity contribution < 1.29 is 15.0 Å². The van der Waals surface area contributed by atoms with E-state index in [-0.39, 0.29) is 25.3 Å². The summed E-state index contributed by atoms with van der Waals surface area (Å²) in [7, 11) is 0. The van der Waals surface area contributed by atoms with Crippen LogP contribution in [0.2, 0.25) is 0 Å². The number of aliphatic hydroxyl groups excluding tert-OH is 2. The van der Waals surface area contributed by atoms with E-state index in [0.29, 0.717) is 16.6 Å². The maximum absolute atomic E-state index is 12.2. The molecule has 7 nitrogen and oxygen atoms in total. The van der Waals surface area contributed by atoms with Crippen molar-refractivity contribution in [2.45, 2.75) is 25.4 Å². The average molecular weight is 311 g/mol. The van der Waals surface area contributed by atoms with Gasteiger partial charge in [-0.05, 0) is 17.9 Å². The van der Waals surface area contributed by atoms with Crippen LogP contribution in [0.1, 0.15) is 13.3 Å². The third-order valence-corrected chi connectivity index (χ3v) is 4.27. The Kier molecular flexibility index (Phi) is 4.71. The third kappa shape index (κ3) is 3.12.